The molecule has 33 heavy (non-hydrogen) atoms. The fraction of sp³-hybridized carbons (Fsp3) is 0.556. The normalized spacial score (nSPS) is 20.9. The van der Waals surface area contributed by atoms with Crippen LogP contribution < -0.4 is 10.6 Å². The second kappa shape index (κ2) is 14.4. The van der Waals surface area contributed by atoms with Gasteiger partial charge in [0.1, 0.15) is 5.82 Å². The Hall–Kier alpha value is -2.80. The molecule has 1 aromatic rings. The van der Waals surface area contributed by atoms with Crippen LogP contribution in [0.3, 0.4) is 0 Å². The van der Waals surface area contributed by atoms with E-state index in [0.29, 0.717) is 12.1 Å². The highest BCUT2D eigenvalue weighted by Gasteiger charge is 2.50. The van der Waals surface area contributed by atoms with Gasteiger partial charge in [0.05, 0.1) is 23.7 Å². The van der Waals surface area contributed by atoms with Crippen molar-refractivity contribution >= 4 is 5.69 Å². The molecular formula is C27H42N6. The first-order chi connectivity index (χ1) is 15.8. The van der Waals surface area contributed by atoms with Crippen LogP contribution in [0, 0.1) is 28.6 Å². The third-order valence-corrected chi connectivity index (χ3v) is 5.85. The number of hydrogen-bond acceptors (Lipinski definition) is 6. The molecule has 0 bridgehead atoms. The van der Waals surface area contributed by atoms with Gasteiger partial charge in [0, 0.05) is 37.9 Å². The van der Waals surface area contributed by atoms with Gasteiger partial charge in [-0.2, -0.15) is 10.5 Å². The highest BCUT2D eigenvalue weighted by Crippen LogP contribution is 2.46. The Balaban J connectivity index is 0.000000368. The Morgan fingerprint density at radius 3 is 2.42 bits per heavy atom. The molecule has 4 atom stereocenters. The van der Waals surface area contributed by atoms with Crippen molar-refractivity contribution in [1.82, 2.24) is 9.80 Å². The second-order valence-electron chi connectivity index (χ2n) is 8.83. The summed E-state index contributed by atoms with van der Waals surface area (Å²) in [7, 11) is 4.02. The van der Waals surface area contributed by atoms with E-state index in [2.05, 4.69) is 62.9 Å². The molecule has 1 saturated heterocycles. The number of anilines is 1. The van der Waals surface area contributed by atoms with Crippen molar-refractivity contribution in [3.8, 4) is 12.1 Å². The number of piperidine rings is 1. The van der Waals surface area contributed by atoms with Gasteiger partial charge in [0.2, 0.25) is 0 Å². The molecule has 0 spiro atoms. The largest absolute Gasteiger partial charge is 0.360 e. The van der Waals surface area contributed by atoms with Crippen molar-refractivity contribution in [3.05, 3.63) is 54.9 Å². The summed E-state index contributed by atoms with van der Waals surface area (Å²) < 4.78 is 0. The lowest BCUT2D eigenvalue weighted by Gasteiger charge is -2.34. The van der Waals surface area contributed by atoms with E-state index in [1.54, 1.807) is 12.1 Å². The molecular weight excluding hydrogens is 408 g/mol. The zero-order chi connectivity index (χ0) is 25.0. The van der Waals surface area contributed by atoms with Crippen LogP contribution in [-0.4, -0.2) is 55.1 Å². The van der Waals surface area contributed by atoms with Crippen LogP contribution in [0.4, 0.5) is 5.69 Å². The van der Waals surface area contributed by atoms with Crippen LogP contribution in [0.1, 0.15) is 52.0 Å². The van der Waals surface area contributed by atoms with Gasteiger partial charge in [-0.05, 0) is 50.4 Å². The van der Waals surface area contributed by atoms with Crippen molar-refractivity contribution in [3.63, 3.8) is 0 Å². The van der Waals surface area contributed by atoms with Crippen LogP contribution in [0.25, 0.3) is 0 Å². The lowest BCUT2D eigenvalue weighted by atomic mass is 10.2. The van der Waals surface area contributed by atoms with Crippen molar-refractivity contribution in [2.24, 2.45) is 11.7 Å². The molecule has 3 rings (SSSR count). The van der Waals surface area contributed by atoms with Crippen molar-refractivity contribution in [2.45, 2.75) is 64.6 Å². The maximum Gasteiger partial charge on any atom is 0.101 e. The van der Waals surface area contributed by atoms with Gasteiger partial charge in [-0.15, -0.1) is 6.58 Å². The average molecular weight is 451 g/mol. The van der Waals surface area contributed by atoms with Crippen molar-refractivity contribution in [1.29, 1.82) is 10.5 Å². The van der Waals surface area contributed by atoms with Crippen molar-refractivity contribution in [2.75, 3.05) is 32.1 Å². The molecule has 1 aromatic carbocycles. The van der Waals surface area contributed by atoms with Crippen LogP contribution in [-0.2, 0) is 0 Å². The molecule has 2 N–H and O–H groups in total. The zero-order valence-electron chi connectivity index (χ0n) is 21.2. The minimum absolute atomic E-state index is 0.0966. The van der Waals surface area contributed by atoms with Crippen molar-refractivity contribution < 1.29 is 0 Å². The number of likely N-dealkylation sites (N-methyl/N-ethyl adjacent to an activating group) is 1. The average Bonchev–Trinajstić information content (AvgIpc) is 3.53. The maximum absolute atomic E-state index is 9.04. The Morgan fingerprint density at radius 2 is 1.97 bits per heavy atom. The summed E-state index contributed by atoms with van der Waals surface area (Å²) in [6.45, 7) is 15.7. The summed E-state index contributed by atoms with van der Waals surface area (Å²) in [6, 6.07) is 12.9. The fourth-order valence-corrected chi connectivity index (χ4v) is 3.89. The quantitative estimate of drug-likeness (QED) is 0.578. The second-order valence-corrected chi connectivity index (χ2v) is 8.83. The van der Waals surface area contributed by atoms with E-state index in [-0.39, 0.29) is 12.1 Å². The third-order valence-electron chi connectivity index (χ3n) is 5.85. The molecule has 1 aliphatic heterocycles. The predicted molar refractivity (Wildman–Crippen MR) is 138 cm³/mol. The summed E-state index contributed by atoms with van der Waals surface area (Å²) in [5.41, 5.74) is 7.53. The van der Waals surface area contributed by atoms with Gasteiger partial charge < -0.3 is 15.5 Å². The number of likely N-dealkylation sites (tertiary alicyclic amines) is 1. The predicted octanol–water partition coefficient (Wildman–Crippen LogP) is 4.71. The van der Waals surface area contributed by atoms with E-state index in [1.165, 1.54) is 12.8 Å². The number of nitriles is 2. The standard InChI is InChI=1S/C17H24N4.C7H10N2.C3H8/c1-5-10-21(14(3)20(4)13-16(19)6-2)17-9-7-8-15(11-17)12-18;1-9-6(4-8)2-5-3-7(5)9;1-3-2/h6-9,11,16H,2-3,5,10,13,19H2,1,4H3;5-7H,2-3H2,1H3;3H2,1-2H3. The lowest BCUT2D eigenvalue weighted by Crippen LogP contribution is -2.39. The summed E-state index contributed by atoms with van der Waals surface area (Å²) >= 11 is 0. The number of benzene rings is 1. The topological polar surface area (TPSA) is 83.3 Å². The molecule has 4 unspecified atom stereocenters. The lowest BCUT2D eigenvalue weighted by molar-refractivity contribution is 0.316. The SMILES string of the molecule is C=CC(N)CN(C)C(=C)N(CCC)c1cccc(C#N)c1.CCC.CN1C(C#N)CC2CC21. The molecule has 1 heterocycles. The van der Waals surface area contributed by atoms with Crippen LogP contribution in [0.15, 0.2) is 49.3 Å². The van der Waals surface area contributed by atoms with Gasteiger partial charge >= 0.3 is 0 Å². The van der Waals surface area contributed by atoms with Gasteiger partial charge in [-0.3, -0.25) is 4.90 Å². The van der Waals surface area contributed by atoms with Gasteiger partial charge in [0.25, 0.3) is 0 Å². The number of fused-ring (bicyclic) bond motifs is 1. The minimum atomic E-state index is -0.0966. The Morgan fingerprint density at radius 1 is 1.30 bits per heavy atom. The molecule has 0 aromatic heterocycles. The molecule has 1 aliphatic carbocycles. The first-order valence-electron chi connectivity index (χ1n) is 11.9. The molecule has 6 heteroatoms. The Labute approximate surface area is 201 Å². The third kappa shape index (κ3) is 8.57. The van der Waals surface area contributed by atoms with Crippen LogP contribution >= 0.6 is 0 Å². The monoisotopic (exact) mass is 450 g/mol. The Bertz CT molecular complexity index is 836. The first-order valence-corrected chi connectivity index (χ1v) is 11.9. The highest BCUT2D eigenvalue weighted by molar-refractivity contribution is 5.55. The summed E-state index contributed by atoms with van der Waals surface area (Å²) in [5, 5.41) is 17.6. The number of nitrogens with two attached hydrogens (primary N) is 1. The smallest absolute Gasteiger partial charge is 0.101 e. The first kappa shape index (κ1) is 28.2. The Kier molecular flexibility index (Phi) is 12.3. The van der Waals surface area contributed by atoms with E-state index in [1.807, 2.05) is 30.1 Å². The number of rotatable bonds is 8. The fourth-order valence-electron chi connectivity index (χ4n) is 3.89. The molecule has 180 valence electrons. The van der Waals surface area contributed by atoms with E-state index >= 15 is 0 Å². The van der Waals surface area contributed by atoms with Gasteiger partial charge in [-0.25, -0.2) is 0 Å². The summed E-state index contributed by atoms with van der Waals surface area (Å²) in [4.78, 5) is 6.34. The maximum atomic E-state index is 9.04. The number of nitrogens with zero attached hydrogens (tertiary/aromatic N) is 5. The molecule has 2 aliphatic rings. The highest BCUT2D eigenvalue weighted by atomic mass is 15.3. The van der Waals surface area contributed by atoms with E-state index in [9.17, 15) is 0 Å². The number of hydrogen-bond donors (Lipinski definition) is 1. The summed E-state index contributed by atoms with van der Waals surface area (Å²) in [6.07, 6.45) is 6.42. The zero-order valence-corrected chi connectivity index (χ0v) is 21.2. The minimum Gasteiger partial charge on any atom is -0.360 e. The van der Waals surface area contributed by atoms with E-state index in [4.69, 9.17) is 16.3 Å². The van der Waals surface area contributed by atoms with E-state index < -0.39 is 0 Å². The van der Waals surface area contributed by atoms with Gasteiger partial charge in [0.15, 0.2) is 0 Å². The van der Waals surface area contributed by atoms with Gasteiger partial charge in [-0.1, -0.05) is 45.9 Å². The molecule has 0 radical (unpaired) electrons. The van der Waals surface area contributed by atoms with Crippen LogP contribution in [0.2, 0.25) is 0 Å². The molecule has 0 amide bonds. The molecule has 2 fully saturated rings. The molecule has 6 nitrogen and oxygen atoms in total. The van der Waals surface area contributed by atoms with Crippen LogP contribution in [0.5, 0.6) is 0 Å². The summed E-state index contributed by atoms with van der Waals surface area (Å²) in [5.74, 6) is 1.74. The molecule has 1 saturated carbocycles. The van der Waals surface area contributed by atoms with E-state index in [0.717, 1.165) is 42.9 Å².